The van der Waals surface area contributed by atoms with Gasteiger partial charge in [0.25, 0.3) is 0 Å². The molecule has 1 saturated carbocycles. The van der Waals surface area contributed by atoms with Crippen LogP contribution in [0.1, 0.15) is 43.0 Å². The van der Waals surface area contributed by atoms with Gasteiger partial charge in [0.15, 0.2) is 5.82 Å². The van der Waals surface area contributed by atoms with E-state index < -0.39 is 82.6 Å². The first-order valence-corrected chi connectivity index (χ1v) is 11.4. The second-order valence-corrected chi connectivity index (χ2v) is 9.47. The lowest BCUT2D eigenvalue weighted by molar-refractivity contribution is -0.184. The fourth-order valence-electron chi connectivity index (χ4n) is 4.62. The molecule has 37 heavy (non-hydrogen) atoms. The van der Waals surface area contributed by atoms with E-state index in [2.05, 4.69) is 10.1 Å². The van der Waals surface area contributed by atoms with Crippen LogP contribution in [0.15, 0.2) is 17.1 Å². The van der Waals surface area contributed by atoms with Gasteiger partial charge < -0.3 is 16.4 Å². The third-order valence-electron chi connectivity index (χ3n) is 6.35. The molecular formula is C20H17Cl2F9N6. The average molecular weight is 583 g/mol. The Morgan fingerprint density at radius 1 is 0.865 bits per heavy atom. The van der Waals surface area contributed by atoms with E-state index in [9.17, 15) is 39.5 Å². The minimum Gasteiger partial charge on any atom is -0.383 e. The van der Waals surface area contributed by atoms with E-state index in [0.29, 0.717) is 17.0 Å². The van der Waals surface area contributed by atoms with E-state index in [4.69, 9.17) is 34.7 Å². The third kappa shape index (κ3) is 5.04. The molecule has 1 aliphatic carbocycles. The molecule has 0 radical (unpaired) electrons. The summed E-state index contributed by atoms with van der Waals surface area (Å²) in [6.45, 7) is 0. The van der Waals surface area contributed by atoms with Crippen LogP contribution in [0.5, 0.6) is 0 Å². The second-order valence-electron chi connectivity index (χ2n) is 8.65. The van der Waals surface area contributed by atoms with Crippen LogP contribution in [-0.4, -0.2) is 38.9 Å². The van der Waals surface area contributed by atoms with Crippen molar-refractivity contribution in [3.05, 3.63) is 33.3 Å². The number of alkyl halides is 9. The topological polar surface area (TPSA) is 85.5 Å². The number of nitrogens with zero attached hydrogens (tertiary/aromatic N) is 4. The first-order chi connectivity index (χ1) is 16.9. The Balaban J connectivity index is 1.77. The van der Waals surface area contributed by atoms with Gasteiger partial charge in [0.1, 0.15) is 17.7 Å². The summed E-state index contributed by atoms with van der Waals surface area (Å²) in [5, 5.41) is 2.76. The number of rotatable bonds is 2. The molecule has 0 bridgehead atoms. The van der Waals surface area contributed by atoms with E-state index in [1.54, 1.807) is 0 Å². The highest BCUT2D eigenvalue weighted by atomic mass is 35.5. The fraction of sp³-hybridized carbons (Fsp3) is 0.500. The number of aliphatic imine (C=N–C) groups is 1. The summed E-state index contributed by atoms with van der Waals surface area (Å²) in [5.74, 6) is -4.10. The maximum Gasteiger partial charge on any atom is 0.449 e. The summed E-state index contributed by atoms with van der Waals surface area (Å²) in [5.41, 5.74) is 10.5. The van der Waals surface area contributed by atoms with Crippen LogP contribution in [0.2, 0.25) is 10.0 Å². The zero-order chi connectivity index (χ0) is 27.7. The van der Waals surface area contributed by atoms with Crippen molar-refractivity contribution in [3.63, 3.8) is 0 Å². The second kappa shape index (κ2) is 9.12. The van der Waals surface area contributed by atoms with Gasteiger partial charge in [-0.3, -0.25) is 0 Å². The van der Waals surface area contributed by atoms with Gasteiger partial charge in [0.05, 0.1) is 27.1 Å². The summed E-state index contributed by atoms with van der Waals surface area (Å²) in [4.78, 5) is 4.23. The number of nitrogen functional groups attached to an aromatic ring is 1. The molecule has 204 valence electrons. The molecule has 2 heterocycles. The molecule has 0 saturated heterocycles. The lowest BCUT2D eigenvalue weighted by atomic mass is 9.84. The third-order valence-corrected chi connectivity index (χ3v) is 6.93. The highest BCUT2D eigenvalue weighted by molar-refractivity contribution is 6.38. The minimum absolute atomic E-state index is 0.210. The molecule has 1 atom stereocenters. The highest BCUT2D eigenvalue weighted by Crippen LogP contribution is 2.46. The van der Waals surface area contributed by atoms with Crippen molar-refractivity contribution in [2.45, 2.75) is 56.4 Å². The van der Waals surface area contributed by atoms with Gasteiger partial charge in [0, 0.05) is 6.04 Å². The molecule has 1 unspecified atom stereocenters. The monoisotopic (exact) mass is 582 g/mol. The van der Waals surface area contributed by atoms with Crippen molar-refractivity contribution in [2.75, 3.05) is 5.73 Å². The van der Waals surface area contributed by atoms with Crippen LogP contribution in [0.3, 0.4) is 0 Å². The molecule has 0 spiro atoms. The molecule has 6 nitrogen and oxygen atoms in total. The van der Waals surface area contributed by atoms with Crippen molar-refractivity contribution in [2.24, 2.45) is 16.6 Å². The number of amidine groups is 1. The standard InChI is InChI=1S/C20H17Cl2F9N6/c21-10-5-8(19(26,27)28)6-11(22)13(10)37-15(33)12-14(32)36(17(20(29,30)31)34-16(12)35-37)9-3-1-7(2-4-9)18(23,24)25/h5-7,9,14H,1-4,32-33H2. The SMILES string of the molecule is Nc1c2c(nn1-c1c(Cl)cc(C(F)(F)F)cc1Cl)N=C(C(F)(F)F)N(C1CCC(C(F)(F)F)CC1)C2N. The quantitative estimate of drug-likeness (QED) is 0.383. The van der Waals surface area contributed by atoms with Gasteiger partial charge in [-0.2, -0.15) is 39.5 Å². The summed E-state index contributed by atoms with van der Waals surface area (Å²) < 4.78 is 121. The first kappa shape index (κ1) is 27.6. The van der Waals surface area contributed by atoms with E-state index in [0.717, 1.165) is 4.68 Å². The van der Waals surface area contributed by atoms with Crippen LogP contribution in [0.25, 0.3) is 5.69 Å². The summed E-state index contributed by atoms with van der Waals surface area (Å²) >= 11 is 12.0. The Bertz CT molecular complexity index is 1200. The van der Waals surface area contributed by atoms with Gasteiger partial charge in [-0.1, -0.05) is 23.2 Å². The van der Waals surface area contributed by atoms with Crippen molar-refractivity contribution in [1.29, 1.82) is 0 Å². The van der Waals surface area contributed by atoms with Gasteiger partial charge in [0.2, 0.25) is 5.84 Å². The van der Waals surface area contributed by atoms with Gasteiger partial charge in [-0.25, -0.2) is 9.67 Å². The molecule has 1 aromatic carbocycles. The molecule has 0 amide bonds. The number of benzene rings is 1. The number of fused-ring (bicyclic) bond motifs is 1. The Morgan fingerprint density at radius 2 is 1.41 bits per heavy atom. The lowest BCUT2D eigenvalue weighted by Crippen LogP contribution is -2.54. The number of hydrogen-bond acceptors (Lipinski definition) is 5. The Hall–Kier alpha value is -2.39. The molecule has 4 rings (SSSR count). The van der Waals surface area contributed by atoms with Crippen molar-refractivity contribution < 1.29 is 39.5 Å². The average Bonchev–Trinajstić information content (AvgIpc) is 3.08. The van der Waals surface area contributed by atoms with E-state index in [-0.39, 0.29) is 24.1 Å². The number of hydrogen-bond donors (Lipinski definition) is 2. The molecule has 2 aliphatic rings. The molecule has 2 aromatic rings. The zero-order valence-corrected chi connectivity index (χ0v) is 19.8. The molecule has 4 N–H and O–H groups in total. The predicted molar refractivity (Wildman–Crippen MR) is 117 cm³/mol. The number of aromatic nitrogens is 2. The number of anilines is 1. The van der Waals surface area contributed by atoms with Gasteiger partial charge >= 0.3 is 18.5 Å². The largest absolute Gasteiger partial charge is 0.449 e. The molecule has 17 heteroatoms. The molecule has 1 fully saturated rings. The fourth-order valence-corrected chi connectivity index (χ4v) is 5.27. The normalized spacial score (nSPS) is 23.2. The summed E-state index contributed by atoms with van der Waals surface area (Å²) in [6.07, 6.45) is -17.2. The van der Waals surface area contributed by atoms with E-state index >= 15 is 0 Å². The Morgan fingerprint density at radius 3 is 1.86 bits per heavy atom. The van der Waals surface area contributed by atoms with Crippen molar-refractivity contribution in [1.82, 2.24) is 14.7 Å². The summed E-state index contributed by atoms with van der Waals surface area (Å²) in [7, 11) is 0. The minimum atomic E-state index is -5.06. The highest BCUT2D eigenvalue weighted by Gasteiger charge is 2.50. The van der Waals surface area contributed by atoms with E-state index in [1.807, 2.05) is 0 Å². The van der Waals surface area contributed by atoms with Crippen LogP contribution >= 0.6 is 23.2 Å². The number of nitrogens with two attached hydrogens (primary N) is 2. The van der Waals surface area contributed by atoms with Crippen molar-refractivity contribution >= 4 is 40.7 Å². The number of halogens is 11. The summed E-state index contributed by atoms with van der Waals surface area (Å²) in [6, 6.07) is 0.0418. The van der Waals surface area contributed by atoms with Crippen LogP contribution in [0, 0.1) is 5.92 Å². The smallest absolute Gasteiger partial charge is 0.383 e. The van der Waals surface area contributed by atoms with Crippen LogP contribution in [-0.2, 0) is 6.18 Å². The molecule has 1 aliphatic heterocycles. The molecule has 1 aromatic heterocycles. The Kier molecular flexibility index (Phi) is 6.81. The zero-order valence-electron chi connectivity index (χ0n) is 18.3. The lowest BCUT2D eigenvalue weighted by Gasteiger charge is -2.43. The first-order valence-electron chi connectivity index (χ1n) is 10.6. The maximum absolute atomic E-state index is 14.0. The maximum atomic E-state index is 14.0. The predicted octanol–water partition coefficient (Wildman–Crippen LogP) is 6.77. The van der Waals surface area contributed by atoms with Crippen LogP contribution in [0.4, 0.5) is 51.1 Å². The van der Waals surface area contributed by atoms with Crippen LogP contribution < -0.4 is 11.5 Å². The van der Waals surface area contributed by atoms with Crippen molar-refractivity contribution in [3.8, 4) is 5.69 Å². The van der Waals surface area contributed by atoms with E-state index in [1.165, 1.54) is 0 Å². The Labute approximate surface area is 213 Å². The molecular weight excluding hydrogens is 566 g/mol. The van der Waals surface area contributed by atoms with Gasteiger partial charge in [-0.15, -0.1) is 5.10 Å². The van der Waals surface area contributed by atoms with Gasteiger partial charge in [-0.05, 0) is 37.8 Å².